The maximum Gasteiger partial charge on any atom is 0.129 e. The number of fused-ring (bicyclic) bond motifs is 1. The fourth-order valence-corrected chi connectivity index (χ4v) is 3.52. The molecule has 1 fully saturated rings. The number of aliphatic hydroxyl groups is 1. The van der Waals surface area contributed by atoms with Crippen molar-refractivity contribution in [1.82, 2.24) is 10.3 Å². The normalized spacial score (nSPS) is 18.0. The number of aliphatic hydroxyl groups excluding tert-OH is 1. The van der Waals surface area contributed by atoms with Gasteiger partial charge in [-0.1, -0.05) is 18.2 Å². The van der Waals surface area contributed by atoms with E-state index in [9.17, 15) is 5.11 Å². The van der Waals surface area contributed by atoms with E-state index >= 15 is 0 Å². The maximum atomic E-state index is 9.47. The molecule has 0 bridgehead atoms. The number of rotatable bonds is 4. The quantitative estimate of drug-likeness (QED) is 0.682. The molecule has 3 N–H and O–H groups in total. The summed E-state index contributed by atoms with van der Waals surface area (Å²) in [7, 11) is 0. The van der Waals surface area contributed by atoms with Gasteiger partial charge in [0.1, 0.15) is 11.5 Å². The van der Waals surface area contributed by atoms with Gasteiger partial charge in [-0.3, -0.25) is 0 Å². The van der Waals surface area contributed by atoms with Crippen LogP contribution in [0.5, 0.6) is 11.5 Å². The van der Waals surface area contributed by atoms with E-state index in [-0.39, 0.29) is 6.61 Å². The standard InChI is InChI=1S/C20H22N2O2/c23-13-15-9-19-18(14-5-4-8-21-12-14)10-17(11-20(19)22-15)24-16-6-2-1-3-7-16/h1-3,6-7,9-11,14,21-23H,4-5,8,12-13H2. The van der Waals surface area contributed by atoms with E-state index in [0.717, 1.165) is 35.8 Å². The third kappa shape index (κ3) is 3.03. The number of ether oxygens (including phenoxy) is 1. The SMILES string of the molecule is OCc1cc2c(C3CCCNC3)cc(Oc3ccccc3)cc2[nH]1. The van der Waals surface area contributed by atoms with Crippen LogP contribution < -0.4 is 10.1 Å². The highest BCUT2D eigenvalue weighted by atomic mass is 16.5. The van der Waals surface area contributed by atoms with Gasteiger partial charge in [-0.2, -0.15) is 0 Å². The Balaban J connectivity index is 1.77. The van der Waals surface area contributed by atoms with Crippen LogP contribution in [0, 0.1) is 0 Å². The van der Waals surface area contributed by atoms with Gasteiger partial charge in [-0.05, 0) is 55.1 Å². The summed E-state index contributed by atoms with van der Waals surface area (Å²) in [6.07, 6.45) is 2.36. The van der Waals surface area contributed by atoms with Crippen LogP contribution >= 0.6 is 0 Å². The van der Waals surface area contributed by atoms with Crippen molar-refractivity contribution in [3.8, 4) is 11.5 Å². The molecule has 1 unspecified atom stereocenters. The summed E-state index contributed by atoms with van der Waals surface area (Å²) in [6, 6.07) is 16.1. The number of H-pyrrole nitrogens is 1. The molecular weight excluding hydrogens is 300 g/mol. The molecule has 1 saturated heterocycles. The van der Waals surface area contributed by atoms with Gasteiger partial charge in [0.25, 0.3) is 0 Å². The van der Waals surface area contributed by atoms with Crippen molar-refractivity contribution >= 4 is 10.9 Å². The summed E-state index contributed by atoms with van der Waals surface area (Å²) in [5.41, 5.74) is 3.15. The molecular formula is C20H22N2O2. The average molecular weight is 322 g/mol. The molecule has 1 aromatic heterocycles. The zero-order valence-corrected chi connectivity index (χ0v) is 13.6. The fraction of sp³-hybridized carbons (Fsp3) is 0.300. The zero-order valence-electron chi connectivity index (χ0n) is 13.6. The summed E-state index contributed by atoms with van der Waals surface area (Å²) in [6.45, 7) is 2.10. The van der Waals surface area contributed by atoms with Crippen molar-refractivity contribution in [2.24, 2.45) is 0 Å². The lowest BCUT2D eigenvalue weighted by atomic mass is 9.89. The number of hydrogen-bond acceptors (Lipinski definition) is 3. The second-order valence-electron chi connectivity index (χ2n) is 6.38. The van der Waals surface area contributed by atoms with E-state index in [0.29, 0.717) is 5.92 Å². The van der Waals surface area contributed by atoms with Gasteiger partial charge in [0.05, 0.1) is 6.61 Å². The third-order valence-corrected chi connectivity index (χ3v) is 4.69. The van der Waals surface area contributed by atoms with Gasteiger partial charge in [0.15, 0.2) is 0 Å². The lowest BCUT2D eigenvalue weighted by Crippen LogP contribution is -2.28. The maximum absolute atomic E-state index is 9.47. The first-order chi connectivity index (χ1) is 11.8. The summed E-state index contributed by atoms with van der Waals surface area (Å²) >= 11 is 0. The van der Waals surface area contributed by atoms with Gasteiger partial charge in [-0.25, -0.2) is 0 Å². The molecule has 4 heteroatoms. The Bertz CT molecular complexity index is 820. The van der Waals surface area contributed by atoms with E-state index in [2.05, 4.69) is 22.4 Å². The molecule has 1 aliphatic heterocycles. The molecule has 124 valence electrons. The Labute approximate surface area is 141 Å². The van der Waals surface area contributed by atoms with Gasteiger partial charge in [0.2, 0.25) is 0 Å². The van der Waals surface area contributed by atoms with Crippen LogP contribution in [0.15, 0.2) is 48.5 Å². The Hall–Kier alpha value is -2.30. The summed E-state index contributed by atoms with van der Waals surface area (Å²) < 4.78 is 6.06. The van der Waals surface area contributed by atoms with Crippen LogP contribution in [0.2, 0.25) is 0 Å². The predicted molar refractivity (Wildman–Crippen MR) is 95.6 cm³/mol. The second-order valence-corrected chi connectivity index (χ2v) is 6.38. The number of hydrogen-bond donors (Lipinski definition) is 3. The van der Waals surface area contributed by atoms with Crippen molar-refractivity contribution in [2.45, 2.75) is 25.4 Å². The topological polar surface area (TPSA) is 57.3 Å². The molecule has 0 spiro atoms. The van der Waals surface area contributed by atoms with E-state index < -0.39 is 0 Å². The van der Waals surface area contributed by atoms with Crippen LogP contribution in [0.25, 0.3) is 10.9 Å². The number of para-hydroxylation sites is 1. The molecule has 2 aromatic carbocycles. The van der Waals surface area contributed by atoms with E-state index in [1.165, 1.54) is 23.8 Å². The van der Waals surface area contributed by atoms with Gasteiger partial charge < -0.3 is 20.1 Å². The number of aromatic nitrogens is 1. The molecule has 3 aromatic rings. The van der Waals surface area contributed by atoms with Crippen LogP contribution in [-0.4, -0.2) is 23.2 Å². The number of piperidine rings is 1. The highest BCUT2D eigenvalue weighted by Crippen LogP contribution is 2.35. The second kappa shape index (κ2) is 6.67. The molecule has 24 heavy (non-hydrogen) atoms. The minimum Gasteiger partial charge on any atom is -0.457 e. The molecule has 1 atom stereocenters. The average Bonchev–Trinajstić information content (AvgIpc) is 3.06. The highest BCUT2D eigenvalue weighted by Gasteiger charge is 2.20. The van der Waals surface area contributed by atoms with Gasteiger partial charge in [-0.15, -0.1) is 0 Å². The molecule has 0 aliphatic carbocycles. The summed E-state index contributed by atoms with van der Waals surface area (Å²) in [5.74, 6) is 2.14. The number of benzene rings is 2. The molecule has 0 saturated carbocycles. The fourth-order valence-electron chi connectivity index (χ4n) is 3.52. The van der Waals surface area contributed by atoms with Crippen LogP contribution in [0.1, 0.15) is 30.0 Å². The van der Waals surface area contributed by atoms with Crippen LogP contribution in [-0.2, 0) is 6.61 Å². The van der Waals surface area contributed by atoms with Crippen molar-refractivity contribution in [2.75, 3.05) is 13.1 Å². The van der Waals surface area contributed by atoms with E-state index in [1.54, 1.807) is 0 Å². The van der Waals surface area contributed by atoms with Gasteiger partial charge >= 0.3 is 0 Å². The summed E-state index contributed by atoms with van der Waals surface area (Å²) in [4.78, 5) is 3.30. The number of aromatic amines is 1. The highest BCUT2D eigenvalue weighted by molar-refractivity contribution is 5.86. The molecule has 0 amide bonds. The summed E-state index contributed by atoms with van der Waals surface area (Å²) in [5, 5.41) is 14.1. The molecule has 2 heterocycles. The van der Waals surface area contributed by atoms with Crippen molar-refractivity contribution in [3.05, 3.63) is 59.8 Å². The van der Waals surface area contributed by atoms with E-state index in [1.807, 2.05) is 36.4 Å². The predicted octanol–water partition coefficient (Wildman–Crippen LogP) is 3.92. The lowest BCUT2D eigenvalue weighted by Gasteiger charge is -2.24. The zero-order chi connectivity index (χ0) is 16.4. The third-order valence-electron chi connectivity index (χ3n) is 4.69. The minimum absolute atomic E-state index is 0.0198. The molecule has 4 rings (SSSR count). The molecule has 0 radical (unpaired) electrons. The first kappa shape index (κ1) is 15.2. The lowest BCUT2D eigenvalue weighted by molar-refractivity contribution is 0.278. The Morgan fingerprint density at radius 2 is 1.96 bits per heavy atom. The molecule has 4 nitrogen and oxygen atoms in total. The smallest absolute Gasteiger partial charge is 0.129 e. The van der Waals surface area contributed by atoms with Crippen molar-refractivity contribution in [3.63, 3.8) is 0 Å². The number of nitrogens with one attached hydrogen (secondary N) is 2. The Kier molecular flexibility index (Phi) is 4.24. The largest absolute Gasteiger partial charge is 0.457 e. The Morgan fingerprint density at radius 3 is 2.71 bits per heavy atom. The van der Waals surface area contributed by atoms with Crippen LogP contribution in [0.3, 0.4) is 0 Å². The van der Waals surface area contributed by atoms with Crippen molar-refractivity contribution < 1.29 is 9.84 Å². The van der Waals surface area contributed by atoms with Crippen molar-refractivity contribution in [1.29, 1.82) is 0 Å². The van der Waals surface area contributed by atoms with Crippen LogP contribution in [0.4, 0.5) is 0 Å². The van der Waals surface area contributed by atoms with E-state index in [4.69, 9.17) is 4.74 Å². The van der Waals surface area contributed by atoms with Gasteiger partial charge in [0, 0.05) is 29.2 Å². The Morgan fingerprint density at radius 1 is 1.08 bits per heavy atom. The first-order valence-electron chi connectivity index (χ1n) is 8.53. The molecule has 1 aliphatic rings. The minimum atomic E-state index is 0.0198. The monoisotopic (exact) mass is 322 g/mol. The first-order valence-corrected chi connectivity index (χ1v) is 8.53.